The molecule has 4 heterocycles. The van der Waals surface area contributed by atoms with Crippen LogP contribution in [0.15, 0.2) is 28.2 Å². The first kappa shape index (κ1) is 17.3. The van der Waals surface area contributed by atoms with Crippen molar-refractivity contribution in [3.05, 3.63) is 29.5 Å². The Kier molecular flexibility index (Phi) is 5.54. The van der Waals surface area contributed by atoms with Gasteiger partial charge in [-0.2, -0.15) is 0 Å². The quantitative estimate of drug-likeness (QED) is 0.787. The van der Waals surface area contributed by atoms with Crippen LogP contribution in [0, 0.1) is 5.92 Å². The molecule has 2 saturated heterocycles. The van der Waals surface area contributed by atoms with E-state index in [0.29, 0.717) is 0 Å². The fourth-order valence-electron chi connectivity index (χ4n) is 4.33. The molecule has 0 aliphatic carbocycles. The Morgan fingerprint density at radius 3 is 3.04 bits per heavy atom. The lowest BCUT2D eigenvalue weighted by Crippen LogP contribution is -2.45. The van der Waals surface area contributed by atoms with E-state index in [1.807, 2.05) is 12.3 Å². The van der Waals surface area contributed by atoms with E-state index in [9.17, 15) is 0 Å². The molecule has 136 valence electrons. The zero-order valence-electron chi connectivity index (χ0n) is 15.2. The highest BCUT2D eigenvalue weighted by Crippen LogP contribution is 2.26. The lowest BCUT2D eigenvalue weighted by molar-refractivity contribution is 0.0907. The van der Waals surface area contributed by atoms with Crippen molar-refractivity contribution in [2.45, 2.75) is 51.6 Å². The molecule has 4 rings (SSSR count). The summed E-state index contributed by atoms with van der Waals surface area (Å²) in [5.74, 6) is 1.57. The van der Waals surface area contributed by atoms with Crippen LogP contribution in [0.3, 0.4) is 0 Å². The summed E-state index contributed by atoms with van der Waals surface area (Å²) < 4.78 is 5.68. The van der Waals surface area contributed by atoms with E-state index in [4.69, 9.17) is 9.40 Å². The van der Waals surface area contributed by atoms with Crippen molar-refractivity contribution in [2.75, 3.05) is 26.2 Å². The highest BCUT2D eigenvalue weighted by Gasteiger charge is 2.26. The van der Waals surface area contributed by atoms with E-state index >= 15 is 0 Å². The van der Waals surface area contributed by atoms with Crippen LogP contribution in [-0.2, 0) is 6.54 Å². The highest BCUT2D eigenvalue weighted by molar-refractivity contribution is 7.13. The van der Waals surface area contributed by atoms with Gasteiger partial charge in [0.25, 0.3) is 0 Å². The third-order valence-electron chi connectivity index (χ3n) is 5.71. The monoisotopic (exact) mass is 359 g/mol. The maximum Gasteiger partial charge on any atom is 0.236 e. The predicted molar refractivity (Wildman–Crippen MR) is 103 cm³/mol. The summed E-state index contributed by atoms with van der Waals surface area (Å²) in [5.41, 5.74) is 1.07. The van der Waals surface area contributed by atoms with Crippen LogP contribution in [-0.4, -0.2) is 47.0 Å². The Hall–Kier alpha value is -1.17. The zero-order chi connectivity index (χ0) is 17.1. The molecule has 2 aromatic rings. The first-order valence-corrected chi connectivity index (χ1v) is 10.6. The highest BCUT2D eigenvalue weighted by atomic mass is 32.1. The van der Waals surface area contributed by atoms with Crippen LogP contribution in [0.1, 0.15) is 44.7 Å². The van der Waals surface area contributed by atoms with Crippen molar-refractivity contribution in [3.8, 4) is 10.8 Å². The number of rotatable bonds is 5. The van der Waals surface area contributed by atoms with E-state index < -0.39 is 0 Å². The predicted octanol–water partition coefficient (Wildman–Crippen LogP) is 4.49. The summed E-state index contributed by atoms with van der Waals surface area (Å²) in [4.78, 5) is 11.1. The van der Waals surface area contributed by atoms with Gasteiger partial charge in [0.05, 0.1) is 10.6 Å². The molecule has 2 aliphatic rings. The van der Waals surface area contributed by atoms with Crippen molar-refractivity contribution < 1.29 is 4.42 Å². The van der Waals surface area contributed by atoms with Gasteiger partial charge in [0.15, 0.2) is 0 Å². The Balaban J connectivity index is 1.32. The van der Waals surface area contributed by atoms with Crippen LogP contribution in [0.2, 0.25) is 0 Å². The van der Waals surface area contributed by atoms with Crippen molar-refractivity contribution in [1.82, 2.24) is 14.8 Å². The van der Waals surface area contributed by atoms with Gasteiger partial charge in [0.1, 0.15) is 6.26 Å². The number of aromatic nitrogens is 1. The largest absolute Gasteiger partial charge is 0.444 e. The van der Waals surface area contributed by atoms with Crippen LogP contribution >= 0.6 is 11.3 Å². The number of thiophene rings is 1. The summed E-state index contributed by atoms with van der Waals surface area (Å²) >= 11 is 1.68. The molecule has 0 aromatic carbocycles. The van der Waals surface area contributed by atoms with Gasteiger partial charge in [-0.05, 0) is 63.1 Å². The number of hydrogen-bond donors (Lipinski definition) is 0. The number of oxazole rings is 1. The van der Waals surface area contributed by atoms with E-state index in [0.717, 1.165) is 35.0 Å². The Labute approximate surface area is 154 Å². The molecule has 5 heteroatoms. The average molecular weight is 360 g/mol. The van der Waals surface area contributed by atoms with Crippen molar-refractivity contribution >= 4 is 11.3 Å². The summed E-state index contributed by atoms with van der Waals surface area (Å²) in [6, 6.07) is 4.88. The third kappa shape index (κ3) is 4.33. The molecular formula is C20H29N3OS. The molecule has 0 spiro atoms. The Bertz CT molecular complexity index is 654. The fraction of sp³-hybridized carbons (Fsp3) is 0.650. The number of nitrogens with zero attached hydrogens (tertiary/aromatic N) is 3. The maximum absolute atomic E-state index is 5.68. The maximum atomic E-state index is 5.68. The number of likely N-dealkylation sites (tertiary alicyclic amines) is 2. The van der Waals surface area contributed by atoms with Gasteiger partial charge in [-0.3, -0.25) is 4.90 Å². The van der Waals surface area contributed by atoms with Gasteiger partial charge in [0.2, 0.25) is 5.89 Å². The molecule has 2 aliphatic heterocycles. The molecule has 0 N–H and O–H groups in total. The second-order valence-electron chi connectivity index (χ2n) is 7.70. The summed E-state index contributed by atoms with van der Waals surface area (Å²) in [6.45, 7) is 8.28. The van der Waals surface area contributed by atoms with Gasteiger partial charge in [-0.15, -0.1) is 11.3 Å². The molecular weight excluding hydrogens is 330 g/mol. The minimum Gasteiger partial charge on any atom is -0.444 e. The lowest BCUT2D eigenvalue weighted by atomic mass is 9.94. The van der Waals surface area contributed by atoms with Gasteiger partial charge < -0.3 is 9.32 Å². The first-order valence-electron chi connectivity index (χ1n) is 9.72. The van der Waals surface area contributed by atoms with Crippen molar-refractivity contribution in [3.63, 3.8) is 0 Å². The van der Waals surface area contributed by atoms with Crippen LogP contribution in [0.4, 0.5) is 0 Å². The molecule has 25 heavy (non-hydrogen) atoms. The Morgan fingerprint density at radius 1 is 1.24 bits per heavy atom. The van der Waals surface area contributed by atoms with Crippen molar-refractivity contribution in [2.24, 2.45) is 5.92 Å². The molecule has 2 atom stereocenters. The molecule has 0 radical (unpaired) electrons. The molecule has 0 amide bonds. The number of hydrogen-bond acceptors (Lipinski definition) is 5. The van der Waals surface area contributed by atoms with E-state index in [1.165, 1.54) is 58.3 Å². The van der Waals surface area contributed by atoms with Gasteiger partial charge >= 0.3 is 0 Å². The van der Waals surface area contributed by atoms with Crippen LogP contribution in [0.5, 0.6) is 0 Å². The Morgan fingerprint density at radius 2 is 2.20 bits per heavy atom. The van der Waals surface area contributed by atoms with Crippen LogP contribution < -0.4 is 0 Å². The summed E-state index contributed by atoms with van der Waals surface area (Å²) in [7, 11) is 0. The molecule has 2 fully saturated rings. The zero-order valence-corrected chi connectivity index (χ0v) is 16.0. The smallest absolute Gasteiger partial charge is 0.236 e. The van der Waals surface area contributed by atoms with Gasteiger partial charge in [0, 0.05) is 25.7 Å². The van der Waals surface area contributed by atoms with E-state index in [-0.39, 0.29) is 0 Å². The molecule has 2 unspecified atom stereocenters. The standard InChI is InChI=1S/C20H29N3OS/c1-16-6-2-3-10-23(16)13-17-7-4-9-22(12-17)14-18-15-24-20(21-18)19-8-5-11-25-19/h5,8,11,15-17H,2-4,6-7,9-10,12-14H2,1H3. The lowest BCUT2D eigenvalue weighted by Gasteiger charge is -2.39. The van der Waals surface area contributed by atoms with Gasteiger partial charge in [-0.25, -0.2) is 4.98 Å². The minimum absolute atomic E-state index is 0.765. The summed E-state index contributed by atoms with van der Waals surface area (Å²) in [5, 5.41) is 2.07. The van der Waals surface area contributed by atoms with Crippen molar-refractivity contribution in [1.29, 1.82) is 0 Å². The topological polar surface area (TPSA) is 32.5 Å². The second-order valence-corrected chi connectivity index (χ2v) is 8.65. The first-order chi connectivity index (χ1) is 12.3. The minimum atomic E-state index is 0.765. The average Bonchev–Trinajstić information content (AvgIpc) is 3.29. The molecule has 0 bridgehead atoms. The normalized spacial score (nSPS) is 26.1. The fourth-order valence-corrected chi connectivity index (χ4v) is 4.98. The third-order valence-corrected chi connectivity index (χ3v) is 6.56. The number of piperidine rings is 2. The molecule has 4 nitrogen and oxygen atoms in total. The van der Waals surface area contributed by atoms with Gasteiger partial charge in [-0.1, -0.05) is 12.5 Å². The van der Waals surface area contributed by atoms with E-state index in [1.54, 1.807) is 11.3 Å². The molecule has 2 aromatic heterocycles. The second kappa shape index (κ2) is 8.02. The summed E-state index contributed by atoms with van der Waals surface area (Å²) in [6.07, 6.45) is 8.69. The molecule has 0 saturated carbocycles. The van der Waals surface area contributed by atoms with E-state index in [2.05, 4.69) is 28.2 Å². The van der Waals surface area contributed by atoms with Crippen LogP contribution in [0.25, 0.3) is 10.8 Å². The SMILES string of the molecule is CC1CCCCN1CC1CCCN(Cc2coc(-c3cccs3)n2)C1.